The van der Waals surface area contributed by atoms with Crippen molar-refractivity contribution in [1.29, 1.82) is 5.26 Å². The molecule has 122 valence electrons. The van der Waals surface area contributed by atoms with Gasteiger partial charge in [-0.2, -0.15) is 5.26 Å². The van der Waals surface area contributed by atoms with Crippen LogP contribution >= 0.6 is 11.6 Å². The summed E-state index contributed by atoms with van der Waals surface area (Å²) in [6.45, 7) is 0. The maximum absolute atomic E-state index is 12.2. The van der Waals surface area contributed by atoms with Gasteiger partial charge in [-0.05, 0) is 42.5 Å². The molecule has 0 saturated carbocycles. The quantitative estimate of drug-likeness (QED) is 0.450. The van der Waals surface area contributed by atoms with Gasteiger partial charge >= 0.3 is 0 Å². The Labute approximate surface area is 144 Å². The summed E-state index contributed by atoms with van der Waals surface area (Å²) in [7, 11) is 1.69. The zero-order valence-corrected chi connectivity index (χ0v) is 13.6. The lowest BCUT2D eigenvalue weighted by atomic mass is 10.2. The molecule has 0 radical (unpaired) electrons. The molecule has 2 aromatic rings. The van der Waals surface area contributed by atoms with Crippen molar-refractivity contribution in [1.82, 2.24) is 0 Å². The van der Waals surface area contributed by atoms with Gasteiger partial charge < -0.3 is 21.1 Å². The van der Waals surface area contributed by atoms with E-state index in [0.717, 1.165) is 0 Å². The molecule has 4 N–H and O–H groups in total. The first-order valence-electron chi connectivity index (χ1n) is 6.91. The summed E-state index contributed by atoms with van der Waals surface area (Å²) < 4.78 is 0. The summed E-state index contributed by atoms with van der Waals surface area (Å²) in [5, 5.41) is 21.4. The van der Waals surface area contributed by atoms with Gasteiger partial charge in [0.2, 0.25) is 0 Å². The zero-order chi connectivity index (χ0) is 17.7. The largest absolute Gasteiger partial charge is 0.508 e. The molecule has 2 rings (SSSR count). The number of nitrogen functional groups attached to an aromatic ring is 1. The first-order chi connectivity index (χ1) is 11.4. The van der Waals surface area contributed by atoms with E-state index in [1.54, 1.807) is 36.2 Å². The van der Waals surface area contributed by atoms with Crippen LogP contribution in [0.3, 0.4) is 0 Å². The van der Waals surface area contributed by atoms with Gasteiger partial charge in [-0.1, -0.05) is 11.6 Å². The van der Waals surface area contributed by atoms with Crippen LogP contribution in [0.4, 0.5) is 17.1 Å². The van der Waals surface area contributed by atoms with E-state index in [1.807, 2.05) is 6.07 Å². The van der Waals surface area contributed by atoms with E-state index in [-0.39, 0.29) is 16.3 Å². The lowest BCUT2D eigenvalue weighted by molar-refractivity contribution is -0.112. The molecule has 0 saturated heterocycles. The van der Waals surface area contributed by atoms with Crippen molar-refractivity contribution in [3.8, 4) is 11.8 Å². The Bertz CT molecular complexity index is 825. The molecule has 0 aromatic heterocycles. The van der Waals surface area contributed by atoms with Crippen molar-refractivity contribution in [2.24, 2.45) is 0 Å². The van der Waals surface area contributed by atoms with Gasteiger partial charge in [0.1, 0.15) is 17.4 Å². The highest BCUT2D eigenvalue weighted by molar-refractivity contribution is 6.34. The Hall–Kier alpha value is -3.17. The summed E-state index contributed by atoms with van der Waals surface area (Å²) in [6.07, 6.45) is 1.40. The standard InChI is InChI=1S/C17H15ClN4O2/c1-22(13-3-5-14(23)6-4-13)10-11(9-19)17(24)21-16-7-2-12(20)8-15(16)18/h2-8,10,23H,20H2,1H3,(H,21,24)/b11-10-. The zero-order valence-electron chi connectivity index (χ0n) is 12.8. The molecule has 1 amide bonds. The fourth-order valence-electron chi connectivity index (χ4n) is 1.92. The summed E-state index contributed by atoms with van der Waals surface area (Å²) >= 11 is 6.01. The molecule has 0 bridgehead atoms. The first kappa shape index (κ1) is 17.2. The number of nitriles is 1. The van der Waals surface area contributed by atoms with Crippen LogP contribution in [-0.2, 0) is 4.79 Å². The van der Waals surface area contributed by atoms with Crippen LogP contribution in [0, 0.1) is 11.3 Å². The van der Waals surface area contributed by atoms with E-state index >= 15 is 0 Å². The molecule has 0 spiro atoms. The predicted octanol–water partition coefficient (Wildman–Crippen LogP) is 3.11. The third-order valence-corrected chi connectivity index (χ3v) is 3.50. The van der Waals surface area contributed by atoms with E-state index in [1.165, 1.54) is 24.4 Å². The molecule has 0 unspecified atom stereocenters. The third kappa shape index (κ3) is 4.18. The van der Waals surface area contributed by atoms with Crippen LogP contribution in [0.2, 0.25) is 5.02 Å². The molecule has 2 aromatic carbocycles. The highest BCUT2D eigenvalue weighted by Gasteiger charge is 2.13. The average Bonchev–Trinajstić information content (AvgIpc) is 2.55. The highest BCUT2D eigenvalue weighted by atomic mass is 35.5. The first-order valence-corrected chi connectivity index (χ1v) is 7.28. The summed E-state index contributed by atoms with van der Waals surface area (Å²) in [6, 6.07) is 12.9. The van der Waals surface area contributed by atoms with Crippen LogP contribution < -0.4 is 16.0 Å². The predicted molar refractivity (Wildman–Crippen MR) is 94.7 cm³/mol. The Morgan fingerprint density at radius 1 is 1.33 bits per heavy atom. The number of hydrogen-bond acceptors (Lipinski definition) is 5. The van der Waals surface area contributed by atoms with Gasteiger partial charge in [0.25, 0.3) is 5.91 Å². The van der Waals surface area contributed by atoms with Crippen LogP contribution in [0.15, 0.2) is 54.2 Å². The third-order valence-electron chi connectivity index (χ3n) is 3.19. The second kappa shape index (κ2) is 7.40. The number of phenols is 1. The van der Waals surface area contributed by atoms with Gasteiger partial charge in [0.15, 0.2) is 0 Å². The normalized spacial score (nSPS) is 10.8. The van der Waals surface area contributed by atoms with Gasteiger partial charge in [0, 0.05) is 24.6 Å². The van der Waals surface area contributed by atoms with Crippen molar-refractivity contribution in [2.75, 3.05) is 23.0 Å². The van der Waals surface area contributed by atoms with Crippen LogP contribution in [0.25, 0.3) is 0 Å². The van der Waals surface area contributed by atoms with Crippen molar-refractivity contribution >= 4 is 34.6 Å². The van der Waals surface area contributed by atoms with Gasteiger partial charge in [0.05, 0.1) is 10.7 Å². The number of nitrogens with zero attached hydrogens (tertiary/aromatic N) is 2. The van der Waals surface area contributed by atoms with Crippen molar-refractivity contribution in [3.05, 3.63) is 59.3 Å². The molecule has 0 aliphatic carbocycles. The number of nitrogens with one attached hydrogen (secondary N) is 1. The molecule has 7 heteroatoms. The molecule has 0 heterocycles. The Morgan fingerprint density at radius 2 is 2.00 bits per heavy atom. The second-order valence-electron chi connectivity index (χ2n) is 4.98. The number of nitrogens with two attached hydrogens (primary N) is 1. The van der Waals surface area contributed by atoms with Crippen LogP contribution in [0.5, 0.6) is 5.75 Å². The van der Waals surface area contributed by atoms with Crippen molar-refractivity contribution in [3.63, 3.8) is 0 Å². The average molecular weight is 343 g/mol. The Kier molecular flexibility index (Phi) is 5.30. The van der Waals surface area contributed by atoms with Crippen molar-refractivity contribution in [2.45, 2.75) is 0 Å². The summed E-state index contributed by atoms with van der Waals surface area (Å²) in [4.78, 5) is 13.8. The number of carbonyl (C=O) groups excluding carboxylic acids is 1. The SMILES string of the molecule is CN(/C=C(/C#N)C(=O)Nc1ccc(N)cc1Cl)c1ccc(O)cc1. The number of halogens is 1. The number of benzene rings is 2. The summed E-state index contributed by atoms with van der Waals surface area (Å²) in [5.74, 6) is -0.456. The number of phenolic OH excluding ortho intramolecular Hbond substituents is 1. The number of anilines is 3. The molecule has 0 fully saturated rings. The number of aromatic hydroxyl groups is 1. The van der Waals surface area contributed by atoms with E-state index in [4.69, 9.17) is 17.3 Å². The van der Waals surface area contributed by atoms with Gasteiger partial charge in [-0.15, -0.1) is 0 Å². The van der Waals surface area contributed by atoms with Crippen LogP contribution in [0.1, 0.15) is 0 Å². The van der Waals surface area contributed by atoms with Crippen molar-refractivity contribution < 1.29 is 9.90 Å². The van der Waals surface area contributed by atoms with E-state index in [9.17, 15) is 15.2 Å². The highest BCUT2D eigenvalue weighted by Crippen LogP contribution is 2.24. The molecule has 6 nitrogen and oxygen atoms in total. The van der Waals surface area contributed by atoms with Gasteiger partial charge in [-0.25, -0.2) is 0 Å². The molecule has 0 atom stereocenters. The Morgan fingerprint density at radius 3 is 2.58 bits per heavy atom. The minimum Gasteiger partial charge on any atom is -0.508 e. The molecule has 0 aliphatic rings. The minimum absolute atomic E-state index is 0.0986. The smallest absolute Gasteiger partial charge is 0.267 e. The maximum atomic E-state index is 12.2. The molecular weight excluding hydrogens is 328 g/mol. The lowest BCUT2D eigenvalue weighted by Crippen LogP contribution is -2.18. The number of rotatable bonds is 4. The minimum atomic E-state index is -0.588. The van der Waals surface area contributed by atoms with Gasteiger partial charge in [-0.3, -0.25) is 4.79 Å². The molecular formula is C17H15ClN4O2. The molecule has 24 heavy (non-hydrogen) atoms. The number of amides is 1. The fourth-order valence-corrected chi connectivity index (χ4v) is 2.15. The van der Waals surface area contributed by atoms with Crippen LogP contribution in [-0.4, -0.2) is 18.1 Å². The summed E-state index contributed by atoms with van der Waals surface area (Å²) in [5.41, 5.74) is 7.05. The van der Waals surface area contributed by atoms with E-state index in [2.05, 4.69) is 5.32 Å². The number of carbonyl (C=O) groups is 1. The molecule has 0 aliphatic heterocycles. The van der Waals surface area contributed by atoms with E-state index in [0.29, 0.717) is 17.1 Å². The maximum Gasteiger partial charge on any atom is 0.267 e. The lowest BCUT2D eigenvalue weighted by Gasteiger charge is -2.15. The fraction of sp³-hybridized carbons (Fsp3) is 0.0588. The second-order valence-corrected chi connectivity index (χ2v) is 5.38. The van der Waals surface area contributed by atoms with E-state index < -0.39 is 5.91 Å². The monoisotopic (exact) mass is 342 g/mol. The topological polar surface area (TPSA) is 102 Å². The number of hydrogen-bond donors (Lipinski definition) is 3. The Balaban J connectivity index is 2.19.